The largest absolute Gasteiger partial charge is 0.515 e. The molecule has 2 nitrogen and oxygen atoms in total. The zero-order valence-corrected chi connectivity index (χ0v) is 4.54. The van der Waals surface area contributed by atoms with E-state index in [1.165, 1.54) is 0 Å². The predicted molar refractivity (Wildman–Crippen MR) is 32.4 cm³/mol. The Balaban J connectivity index is 2.59. The molecule has 0 amide bonds. The van der Waals surface area contributed by atoms with E-state index in [-0.39, 0.29) is 6.04 Å². The Morgan fingerprint density at radius 2 is 2.62 bits per heavy atom. The van der Waals surface area contributed by atoms with E-state index in [1.54, 1.807) is 0 Å². The molecule has 0 aromatic carbocycles. The first-order valence-corrected chi connectivity index (χ1v) is 2.60. The molecule has 1 aliphatic carbocycles. The highest BCUT2D eigenvalue weighted by Gasteiger charge is 2.06. The molecule has 0 bridgehead atoms. The second-order valence-electron chi connectivity index (χ2n) is 1.93. The Morgan fingerprint density at radius 1 is 1.88 bits per heavy atom. The SMILES string of the molecule is NC1C=CC(=CO)C1. The van der Waals surface area contributed by atoms with Gasteiger partial charge in [-0.05, 0) is 12.0 Å². The van der Waals surface area contributed by atoms with Crippen LogP contribution in [-0.4, -0.2) is 11.1 Å². The summed E-state index contributed by atoms with van der Waals surface area (Å²) in [5.74, 6) is 0. The van der Waals surface area contributed by atoms with Gasteiger partial charge < -0.3 is 10.8 Å². The van der Waals surface area contributed by atoms with Gasteiger partial charge in [0.2, 0.25) is 0 Å². The molecule has 0 radical (unpaired) electrons. The van der Waals surface area contributed by atoms with Crippen molar-refractivity contribution in [2.24, 2.45) is 5.73 Å². The first-order valence-electron chi connectivity index (χ1n) is 2.60. The van der Waals surface area contributed by atoms with Gasteiger partial charge in [-0.1, -0.05) is 12.2 Å². The standard InChI is InChI=1S/C6H9NO/c7-6-2-1-5(3-6)4-8/h1-2,4,6,8H,3,7H2. The molecule has 0 spiro atoms. The van der Waals surface area contributed by atoms with Gasteiger partial charge in [0.1, 0.15) is 0 Å². The molecule has 44 valence electrons. The van der Waals surface area contributed by atoms with Gasteiger partial charge in [0, 0.05) is 6.04 Å². The molecule has 8 heavy (non-hydrogen) atoms. The lowest BCUT2D eigenvalue weighted by molar-refractivity contribution is 0.467. The minimum Gasteiger partial charge on any atom is -0.515 e. The highest BCUT2D eigenvalue weighted by atomic mass is 16.2. The molecule has 0 heterocycles. The van der Waals surface area contributed by atoms with Crippen LogP contribution in [0, 0.1) is 0 Å². The van der Waals surface area contributed by atoms with Gasteiger partial charge in [0.25, 0.3) is 0 Å². The first kappa shape index (κ1) is 5.38. The van der Waals surface area contributed by atoms with Crippen LogP contribution in [-0.2, 0) is 0 Å². The van der Waals surface area contributed by atoms with Crippen molar-refractivity contribution < 1.29 is 5.11 Å². The number of nitrogens with two attached hydrogens (primary N) is 1. The molecule has 2 heteroatoms. The maximum Gasteiger partial charge on any atom is 0.0824 e. The molecule has 0 saturated carbocycles. The smallest absolute Gasteiger partial charge is 0.0824 e. The van der Waals surface area contributed by atoms with E-state index < -0.39 is 0 Å². The van der Waals surface area contributed by atoms with Gasteiger partial charge in [-0.15, -0.1) is 0 Å². The van der Waals surface area contributed by atoms with Crippen LogP contribution in [0.25, 0.3) is 0 Å². The fraction of sp³-hybridized carbons (Fsp3) is 0.333. The van der Waals surface area contributed by atoms with E-state index >= 15 is 0 Å². The lowest BCUT2D eigenvalue weighted by Crippen LogP contribution is -2.12. The van der Waals surface area contributed by atoms with E-state index in [9.17, 15) is 0 Å². The van der Waals surface area contributed by atoms with Crippen molar-refractivity contribution in [2.75, 3.05) is 0 Å². The Labute approximate surface area is 48.3 Å². The van der Waals surface area contributed by atoms with Crippen molar-refractivity contribution in [3.8, 4) is 0 Å². The highest BCUT2D eigenvalue weighted by molar-refractivity contribution is 5.26. The average molecular weight is 111 g/mol. The fourth-order valence-electron chi connectivity index (χ4n) is 0.751. The fourth-order valence-corrected chi connectivity index (χ4v) is 0.751. The summed E-state index contributed by atoms with van der Waals surface area (Å²) in [4.78, 5) is 0. The zero-order valence-electron chi connectivity index (χ0n) is 4.54. The summed E-state index contributed by atoms with van der Waals surface area (Å²) >= 11 is 0. The van der Waals surface area contributed by atoms with E-state index in [4.69, 9.17) is 10.8 Å². The Bertz CT molecular complexity index is 137. The predicted octanol–water partition coefficient (Wildman–Crippen LogP) is 0.716. The molecular formula is C6H9NO. The third-order valence-electron chi connectivity index (χ3n) is 1.19. The van der Waals surface area contributed by atoms with Crippen LogP contribution in [0.5, 0.6) is 0 Å². The number of hydrogen-bond donors (Lipinski definition) is 2. The molecule has 0 aromatic heterocycles. The molecule has 1 unspecified atom stereocenters. The molecule has 0 aliphatic heterocycles. The van der Waals surface area contributed by atoms with Crippen LogP contribution in [0.2, 0.25) is 0 Å². The molecule has 1 aliphatic rings. The molecule has 0 aromatic rings. The van der Waals surface area contributed by atoms with E-state index in [0.29, 0.717) is 0 Å². The third-order valence-corrected chi connectivity index (χ3v) is 1.19. The van der Waals surface area contributed by atoms with Gasteiger partial charge >= 0.3 is 0 Å². The molecule has 3 N–H and O–H groups in total. The van der Waals surface area contributed by atoms with Crippen LogP contribution >= 0.6 is 0 Å². The Morgan fingerprint density at radius 3 is 2.88 bits per heavy atom. The van der Waals surface area contributed by atoms with Crippen LogP contribution in [0.4, 0.5) is 0 Å². The van der Waals surface area contributed by atoms with Gasteiger partial charge in [0.15, 0.2) is 0 Å². The van der Waals surface area contributed by atoms with Gasteiger partial charge in [-0.3, -0.25) is 0 Å². The normalized spacial score (nSPS) is 32.1. The van der Waals surface area contributed by atoms with E-state index in [0.717, 1.165) is 18.3 Å². The number of aliphatic hydroxyl groups excluding tert-OH is 1. The van der Waals surface area contributed by atoms with Gasteiger partial charge in [0.05, 0.1) is 6.26 Å². The summed E-state index contributed by atoms with van der Waals surface area (Å²) in [6, 6.07) is 0.119. The summed E-state index contributed by atoms with van der Waals surface area (Å²) in [7, 11) is 0. The number of aliphatic hydroxyl groups is 1. The molecule has 1 rings (SSSR count). The van der Waals surface area contributed by atoms with Crippen molar-refractivity contribution in [1.82, 2.24) is 0 Å². The second-order valence-corrected chi connectivity index (χ2v) is 1.93. The summed E-state index contributed by atoms with van der Waals surface area (Å²) in [5.41, 5.74) is 6.38. The molecule has 1 atom stereocenters. The first-order chi connectivity index (χ1) is 3.83. The minimum atomic E-state index is 0.119. The van der Waals surface area contributed by atoms with Crippen molar-refractivity contribution in [3.05, 3.63) is 24.0 Å². The quantitative estimate of drug-likeness (QED) is 0.452. The molecule has 0 saturated heterocycles. The molecular weight excluding hydrogens is 102 g/mol. The maximum absolute atomic E-state index is 8.41. The van der Waals surface area contributed by atoms with Crippen LogP contribution in [0.1, 0.15) is 6.42 Å². The minimum absolute atomic E-state index is 0.119. The van der Waals surface area contributed by atoms with Crippen molar-refractivity contribution in [2.45, 2.75) is 12.5 Å². The number of allylic oxidation sites excluding steroid dienone is 1. The Kier molecular flexibility index (Phi) is 1.35. The number of hydrogen-bond acceptors (Lipinski definition) is 2. The van der Waals surface area contributed by atoms with Crippen molar-refractivity contribution in [1.29, 1.82) is 0 Å². The summed E-state index contributed by atoms with van der Waals surface area (Å²) in [6.07, 6.45) is 5.59. The Hall–Kier alpha value is -0.760. The average Bonchev–Trinajstić information content (AvgIpc) is 2.14. The number of rotatable bonds is 0. The topological polar surface area (TPSA) is 46.2 Å². The van der Waals surface area contributed by atoms with Crippen LogP contribution < -0.4 is 5.73 Å². The lowest BCUT2D eigenvalue weighted by Gasteiger charge is -1.93. The summed E-state index contributed by atoms with van der Waals surface area (Å²) in [6.45, 7) is 0. The highest BCUT2D eigenvalue weighted by Crippen LogP contribution is 2.13. The summed E-state index contributed by atoms with van der Waals surface area (Å²) in [5, 5.41) is 8.41. The van der Waals surface area contributed by atoms with Crippen LogP contribution in [0.15, 0.2) is 24.0 Å². The van der Waals surface area contributed by atoms with Crippen molar-refractivity contribution >= 4 is 0 Å². The monoisotopic (exact) mass is 111 g/mol. The van der Waals surface area contributed by atoms with E-state index in [2.05, 4.69) is 0 Å². The zero-order chi connectivity index (χ0) is 5.98. The third kappa shape index (κ3) is 0.898. The van der Waals surface area contributed by atoms with Gasteiger partial charge in [-0.2, -0.15) is 0 Å². The lowest BCUT2D eigenvalue weighted by atomic mass is 10.2. The van der Waals surface area contributed by atoms with Gasteiger partial charge in [-0.25, -0.2) is 0 Å². The maximum atomic E-state index is 8.41. The summed E-state index contributed by atoms with van der Waals surface area (Å²) < 4.78 is 0. The molecule has 0 fully saturated rings. The van der Waals surface area contributed by atoms with Crippen LogP contribution in [0.3, 0.4) is 0 Å². The van der Waals surface area contributed by atoms with E-state index in [1.807, 2.05) is 12.2 Å². The van der Waals surface area contributed by atoms with Crippen molar-refractivity contribution in [3.63, 3.8) is 0 Å². The second kappa shape index (κ2) is 2.01.